The van der Waals surface area contributed by atoms with Gasteiger partial charge in [-0.1, -0.05) is 24.3 Å². The summed E-state index contributed by atoms with van der Waals surface area (Å²) in [5.41, 5.74) is 8.69. The molecular weight excluding hydrogens is 381 g/mol. The van der Waals surface area contributed by atoms with Gasteiger partial charge < -0.3 is 10.6 Å². The number of hydrogen-bond acceptors (Lipinski definition) is 3. The van der Waals surface area contributed by atoms with E-state index in [1.54, 1.807) is 0 Å². The quantitative estimate of drug-likeness (QED) is 0.797. The maximum Gasteiger partial charge on any atom is 0.222 e. The summed E-state index contributed by atoms with van der Waals surface area (Å²) in [5.74, 6) is 0.348. The molecule has 154 valence electrons. The van der Waals surface area contributed by atoms with Gasteiger partial charge in [-0.3, -0.25) is 9.69 Å². The lowest BCUT2D eigenvalue weighted by Gasteiger charge is -2.48. The first-order valence-electron chi connectivity index (χ1n) is 9.81. The van der Waals surface area contributed by atoms with Gasteiger partial charge in [-0.2, -0.15) is 0 Å². The normalized spacial score (nSPS) is 19.7. The molecule has 2 N–H and O–H groups in total. The summed E-state index contributed by atoms with van der Waals surface area (Å²) < 4.78 is 0. The monoisotopic (exact) mass is 415 g/mol. The molecule has 1 aromatic carbocycles. The van der Waals surface area contributed by atoms with Crippen molar-refractivity contribution < 1.29 is 4.79 Å². The van der Waals surface area contributed by atoms with Crippen LogP contribution in [0.25, 0.3) is 0 Å². The second kappa shape index (κ2) is 10.7. The molecule has 2 heterocycles. The number of nitrogens with two attached hydrogens (primary N) is 1. The molecule has 0 saturated carbocycles. The van der Waals surface area contributed by atoms with Gasteiger partial charge in [-0.15, -0.1) is 24.8 Å². The largest absolute Gasteiger partial charge is 0.340 e. The predicted octanol–water partition coefficient (Wildman–Crippen LogP) is 3.64. The van der Waals surface area contributed by atoms with Crippen LogP contribution in [-0.4, -0.2) is 47.9 Å². The van der Waals surface area contributed by atoms with Gasteiger partial charge in [0.15, 0.2) is 0 Å². The number of hydrogen-bond donors (Lipinski definition) is 1. The zero-order valence-electron chi connectivity index (χ0n) is 16.7. The van der Waals surface area contributed by atoms with E-state index in [2.05, 4.69) is 47.9 Å². The molecule has 1 aromatic rings. The molecule has 2 aliphatic heterocycles. The summed E-state index contributed by atoms with van der Waals surface area (Å²) in [7, 11) is 0. The van der Waals surface area contributed by atoms with E-state index in [9.17, 15) is 4.79 Å². The number of amides is 1. The Bertz CT molecular complexity index is 584. The Morgan fingerprint density at radius 2 is 1.63 bits per heavy atom. The highest BCUT2D eigenvalue weighted by atomic mass is 35.5. The number of halogens is 2. The van der Waals surface area contributed by atoms with Gasteiger partial charge in [0.2, 0.25) is 5.91 Å². The first-order chi connectivity index (χ1) is 12.0. The van der Waals surface area contributed by atoms with Gasteiger partial charge in [0.05, 0.1) is 0 Å². The van der Waals surface area contributed by atoms with Crippen molar-refractivity contribution in [2.45, 2.75) is 58.5 Å². The molecule has 4 nitrogen and oxygen atoms in total. The van der Waals surface area contributed by atoms with E-state index in [-0.39, 0.29) is 24.8 Å². The van der Waals surface area contributed by atoms with Gasteiger partial charge in [0.1, 0.15) is 0 Å². The number of piperidine rings is 2. The molecule has 0 aromatic heterocycles. The highest BCUT2D eigenvalue weighted by Gasteiger charge is 2.41. The fraction of sp³-hybridized carbons (Fsp3) is 0.667. The molecule has 3 rings (SSSR count). The van der Waals surface area contributed by atoms with Crippen molar-refractivity contribution in [3.05, 3.63) is 35.4 Å². The van der Waals surface area contributed by atoms with Crippen LogP contribution in [-0.2, 0) is 17.8 Å². The lowest BCUT2D eigenvalue weighted by molar-refractivity contribution is -0.141. The van der Waals surface area contributed by atoms with E-state index < -0.39 is 0 Å². The number of carbonyl (C=O) groups excluding carboxylic acids is 1. The Balaban J connectivity index is 0.00000182. The zero-order valence-corrected chi connectivity index (χ0v) is 18.3. The topological polar surface area (TPSA) is 49.6 Å². The molecule has 0 radical (unpaired) electrons. The third-order valence-electron chi connectivity index (χ3n) is 6.10. The average Bonchev–Trinajstić information content (AvgIpc) is 2.61. The van der Waals surface area contributed by atoms with Crippen molar-refractivity contribution in [1.82, 2.24) is 9.80 Å². The second-order valence-corrected chi connectivity index (χ2v) is 8.25. The SMILES string of the molecule is CC(C)N1CC2(CCC1=O)CCN(Cc1ccc(CCN)cc1)CC2.Cl.Cl. The molecule has 0 unspecified atom stereocenters. The first kappa shape index (κ1) is 24.2. The van der Waals surface area contributed by atoms with E-state index in [4.69, 9.17) is 5.73 Å². The van der Waals surface area contributed by atoms with Gasteiger partial charge in [0.25, 0.3) is 0 Å². The van der Waals surface area contributed by atoms with E-state index in [1.165, 1.54) is 24.0 Å². The summed E-state index contributed by atoms with van der Waals surface area (Å²) >= 11 is 0. The highest BCUT2D eigenvalue weighted by molar-refractivity contribution is 5.85. The number of benzene rings is 1. The summed E-state index contributed by atoms with van der Waals surface area (Å²) in [6.45, 7) is 9.27. The van der Waals surface area contributed by atoms with Crippen molar-refractivity contribution in [2.24, 2.45) is 11.1 Å². The first-order valence-corrected chi connectivity index (χ1v) is 9.81. The van der Waals surface area contributed by atoms with Crippen LogP contribution in [0.4, 0.5) is 0 Å². The second-order valence-electron chi connectivity index (χ2n) is 8.25. The fourth-order valence-electron chi connectivity index (χ4n) is 4.34. The van der Waals surface area contributed by atoms with E-state index >= 15 is 0 Å². The molecule has 6 heteroatoms. The summed E-state index contributed by atoms with van der Waals surface area (Å²) in [6.07, 6.45) is 5.21. The average molecular weight is 416 g/mol. The Kier molecular flexibility index (Phi) is 9.56. The molecule has 0 bridgehead atoms. The van der Waals surface area contributed by atoms with Crippen molar-refractivity contribution in [3.63, 3.8) is 0 Å². The maximum atomic E-state index is 12.1. The maximum absolute atomic E-state index is 12.1. The molecule has 1 spiro atoms. The number of carbonyl (C=O) groups is 1. The van der Waals surface area contributed by atoms with Crippen LogP contribution in [0.15, 0.2) is 24.3 Å². The summed E-state index contributed by atoms with van der Waals surface area (Å²) in [5, 5.41) is 0. The Morgan fingerprint density at radius 3 is 2.19 bits per heavy atom. The van der Waals surface area contributed by atoms with Crippen LogP contribution < -0.4 is 5.73 Å². The lowest BCUT2D eigenvalue weighted by Crippen LogP contribution is -2.53. The third-order valence-corrected chi connectivity index (χ3v) is 6.10. The minimum Gasteiger partial charge on any atom is -0.340 e. The number of nitrogens with zero attached hydrogens (tertiary/aromatic N) is 2. The molecule has 27 heavy (non-hydrogen) atoms. The predicted molar refractivity (Wildman–Crippen MR) is 117 cm³/mol. The van der Waals surface area contributed by atoms with E-state index in [0.717, 1.165) is 45.4 Å². The van der Waals surface area contributed by atoms with Crippen LogP contribution in [0.3, 0.4) is 0 Å². The van der Waals surface area contributed by atoms with Gasteiger partial charge in [-0.25, -0.2) is 0 Å². The van der Waals surface area contributed by atoms with Crippen LogP contribution in [0, 0.1) is 5.41 Å². The fourth-order valence-corrected chi connectivity index (χ4v) is 4.34. The molecule has 2 fully saturated rings. The van der Waals surface area contributed by atoms with Gasteiger partial charge in [0, 0.05) is 25.6 Å². The van der Waals surface area contributed by atoms with Crippen molar-refractivity contribution in [2.75, 3.05) is 26.2 Å². The third kappa shape index (κ3) is 6.08. The number of likely N-dealkylation sites (tertiary alicyclic amines) is 2. The van der Waals surface area contributed by atoms with Crippen LogP contribution >= 0.6 is 24.8 Å². The molecule has 0 atom stereocenters. The minimum absolute atomic E-state index is 0. The Morgan fingerprint density at radius 1 is 1.04 bits per heavy atom. The van der Waals surface area contributed by atoms with Crippen LogP contribution in [0.1, 0.15) is 50.7 Å². The molecule has 1 amide bonds. The van der Waals surface area contributed by atoms with E-state index in [0.29, 0.717) is 23.9 Å². The lowest BCUT2D eigenvalue weighted by atomic mass is 9.72. The van der Waals surface area contributed by atoms with Crippen molar-refractivity contribution >= 4 is 30.7 Å². The summed E-state index contributed by atoms with van der Waals surface area (Å²) in [4.78, 5) is 16.8. The zero-order chi connectivity index (χ0) is 17.9. The summed E-state index contributed by atoms with van der Waals surface area (Å²) in [6, 6.07) is 9.24. The van der Waals surface area contributed by atoms with Crippen LogP contribution in [0.2, 0.25) is 0 Å². The van der Waals surface area contributed by atoms with Crippen molar-refractivity contribution in [3.8, 4) is 0 Å². The Hall–Kier alpha value is -0.810. The highest BCUT2D eigenvalue weighted by Crippen LogP contribution is 2.41. The molecule has 0 aliphatic carbocycles. The Labute approximate surface area is 176 Å². The smallest absolute Gasteiger partial charge is 0.222 e. The minimum atomic E-state index is 0. The number of rotatable bonds is 5. The van der Waals surface area contributed by atoms with Crippen LogP contribution in [0.5, 0.6) is 0 Å². The molecular formula is C21H35Cl2N3O. The standard InChI is InChI=1S/C21H33N3O.2ClH/c1-17(2)24-16-21(9-7-20(24)25)10-13-23(14-11-21)15-19-5-3-18(4-6-19)8-12-22;;/h3-6,17H,7-16,22H2,1-2H3;2*1H. The van der Waals surface area contributed by atoms with Gasteiger partial charge >= 0.3 is 0 Å². The molecule has 2 aliphatic rings. The molecule has 2 saturated heterocycles. The van der Waals surface area contributed by atoms with E-state index in [1.807, 2.05) is 0 Å². The van der Waals surface area contributed by atoms with Gasteiger partial charge in [-0.05, 0) is 75.7 Å². The van der Waals surface area contributed by atoms with Crippen molar-refractivity contribution in [1.29, 1.82) is 0 Å².